The Hall–Kier alpha value is -1.33. The van der Waals surface area contributed by atoms with Gasteiger partial charge in [-0.15, -0.1) is 0 Å². The molecule has 1 aromatic carbocycles. The third-order valence-corrected chi connectivity index (χ3v) is 3.49. The van der Waals surface area contributed by atoms with Gasteiger partial charge in [-0.25, -0.2) is 0 Å². The quantitative estimate of drug-likeness (QED) is 0.670. The number of aryl methyl sites for hydroxylation is 1. The van der Waals surface area contributed by atoms with Crippen LogP contribution in [0.4, 0.5) is 0 Å². The highest BCUT2D eigenvalue weighted by Crippen LogP contribution is 2.10. The van der Waals surface area contributed by atoms with E-state index in [0.717, 1.165) is 18.7 Å². The predicted octanol–water partition coefficient (Wildman–Crippen LogP) is 4.32. The van der Waals surface area contributed by atoms with Gasteiger partial charge >= 0.3 is 0 Å². The van der Waals surface area contributed by atoms with Crippen LogP contribution >= 0.6 is 0 Å². The highest BCUT2D eigenvalue weighted by atomic mass is 14.8. The molecule has 0 aliphatic heterocycles. The summed E-state index contributed by atoms with van der Waals surface area (Å²) in [4.78, 5) is 0. The number of hydrogen-bond acceptors (Lipinski definition) is 2. The zero-order chi connectivity index (χ0) is 13.9. The SMILES string of the molecule is CCCCCCCCNCc1ccc(C#N)cc1C. The Balaban J connectivity index is 2.14. The smallest absolute Gasteiger partial charge is 0.0991 e. The molecule has 1 N–H and O–H groups in total. The second-order valence-corrected chi connectivity index (χ2v) is 5.20. The minimum absolute atomic E-state index is 0.747. The van der Waals surface area contributed by atoms with Crippen LogP contribution in [0.15, 0.2) is 18.2 Å². The second-order valence-electron chi connectivity index (χ2n) is 5.20. The van der Waals surface area contributed by atoms with Crippen LogP contribution in [0.1, 0.15) is 62.1 Å². The van der Waals surface area contributed by atoms with E-state index in [1.165, 1.54) is 49.7 Å². The van der Waals surface area contributed by atoms with Gasteiger partial charge in [0.2, 0.25) is 0 Å². The average molecular weight is 258 g/mol. The molecule has 0 fully saturated rings. The van der Waals surface area contributed by atoms with E-state index < -0.39 is 0 Å². The van der Waals surface area contributed by atoms with E-state index in [1.54, 1.807) is 0 Å². The molecule has 19 heavy (non-hydrogen) atoms. The maximum absolute atomic E-state index is 8.82. The van der Waals surface area contributed by atoms with Crippen LogP contribution in [-0.4, -0.2) is 6.54 Å². The van der Waals surface area contributed by atoms with Gasteiger partial charge in [-0.05, 0) is 43.1 Å². The summed E-state index contributed by atoms with van der Waals surface area (Å²) in [5, 5.41) is 12.3. The zero-order valence-corrected chi connectivity index (χ0v) is 12.3. The van der Waals surface area contributed by atoms with Crippen LogP contribution in [0.5, 0.6) is 0 Å². The molecule has 0 bridgehead atoms. The summed E-state index contributed by atoms with van der Waals surface area (Å²) in [5.41, 5.74) is 3.25. The molecule has 0 amide bonds. The molecule has 2 heteroatoms. The molecule has 0 unspecified atom stereocenters. The minimum Gasteiger partial charge on any atom is -0.313 e. The Bertz CT molecular complexity index is 404. The van der Waals surface area contributed by atoms with Crippen molar-refractivity contribution in [3.8, 4) is 6.07 Å². The van der Waals surface area contributed by atoms with Crippen molar-refractivity contribution in [1.82, 2.24) is 5.32 Å². The van der Waals surface area contributed by atoms with Crippen LogP contribution in [-0.2, 0) is 6.54 Å². The summed E-state index contributed by atoms with van der Waals surface area (Å²) in [6.45, 7) is 6.32. The lowest BCUT2D eigenvalue weighted by Crippen LogP contribution is -2.15. The maximum Gasteiger partial charge on any atom is 0.0991 e. The lowest BCUT2D eigenvalue weighted by Gasteiger charge is -2.08. The summed E-state index contributed by atoms with van der Waals surface area (Å²) < 4.78 is 0. The molecule has 0 aliphatic rings. The molecule has 0 saturated heterocycles. The average Bonchev–Trinajstić information content (AvgIpc) is 2.43. The summed E-state index contributed by atoms with van der Waals surface area (Å²) in [6, 6.07) is 8.09. The summed E-state index contributed by atoms with van der Waals surface area (Å²) in [7, 11) is 0. The van der Waals surface area contributed by atoms with E-state index in [1.807, 2.05) is 12.1 Å². The third kappa shape index (κ3) is 6.40. The second kappa shape index (κ2) is 9.58. The van der Waals surface area contributed by atoms with Gasteiger partial charge in [0.15, 0.2) is 0 Å². The summed E-state index contributed by atoms with van der Waals surface area (Å²) in [5.74, 6) is 0. The summed E-state index contributed by atoms with van der Waals surface area (Å²) >= 11 is 0. The van der Waals surface area contributed by atoms with Crippen LogP contribution in [0.2, 0.25) is 0 Å². The Labute approximate surface area is 117 Å². The lowest BCUT2D eigenvalue weighted by molar-refractivity contribution is 0.571. The van der Waals surface area contributed by atoms with Crippen molar-refractivity contribution >= 4 is 0 Å². The number of nitriles is 1. The van der Waals surface area contributed by atoms with Crippen LogP contribution in [0, 0.1) is 18.3 Å². The molecule has 0 spiro atoms. The van der Waals surface area contributed by atoms with E-state index in [0.29, 0.717) is 0 Å². The predicted molar refractivity (Wildman–Crippen MR) is 81.0 cm³/mol. The first-order chi connectivity index (χ1) is 9.27. The van der Waals surface area contributed by atoms with Crippen molar-refractivity contribution in [2.24, 2.45) is 0 Å². The van der Waals surface area contributed by atoms with E-state index in [4.69, 9.17) is 5.26 Å². The third-order valence-electron chi connectivity index (χ3n) is 3.49. The van der Waals surface area contributed by atoms with Crippen LogP contribution in [0.3, 0.4) is 0 Å². The minimum atomic E-state index is 0.747. The Morgan fingerprint density at radius 3 is 2.53 bits per heavy atom. The first-order valence-corrected chi connectivity index (χ1v) is 7.48. The maximum atomic E-state index is 8.82. The van der Waals surface area contributed by atoms with Crippen molar-refractivity contribution in [3.63, 3.8) is 0 Å². The Morgan fingerprint density at radius 2 is 1.84 bits per heavy atom. The van der Waals surface area contributed by atoms with Crippen LogP contribution in [0.25, 0.3) is 0 Å². The number of benzene rings is 1. The van der Waals surface area contributed by atoms with Gasteiger partial charge in [-0.3, -0.25) is 0 Å². The van der Waals surface area contributed by atoms with Crippen molar-refractivity contribution in [1.29, 1.82) is 5.26 Å². The molecule has 0 aromatic heterocycles. The standard InChI is InChI=1S/C17H26N2/c1-3-4-5-6-7-8-11-19-14-17-10-9-16(13-18)12-15(17)2/h9-10,12,19H,3-8,11,14H2,1-2H3. The van der Waals surface area contributed by atoms with Crippen LogP contribution < -0.4 is 5.32 Å². The van der Waals surface area contributed by atoms with E-state index >= 15 is 0 Å². The van der Waals surface area contributed by atoms with Gasteiger partial charge in [-0.1, -0.05) is 45.1 Å². The number of hydrogen-bond donors (Lipinski definition) is 1. The molecule has 2 nitrogen and oxygen atoms in total. The largest absolute Gasteiger partial charge is 0.313 e. The molecular weight excluding hydrogens is 232 g/mol. The van der Waals surface area contributed by atoms with Crippen molar-refractivity contribution in [2.45, 2.75) is 58.9 Å². The topological polar surface area (TPSA) is 35.8 Å². The van der Waals surface area contributed by atoms with Gasteiger partial charge in [0.1, 0.15) is 0 Å². The zero-order valence-electron chi connectivity index (χ0n) is 12.3. The molecule has 0 atom stereocenters. The van der Waals surface area contributed by atoms with Gasteiger partial charge < -0.3 is 5.32 Å². The molecule has 1 rings (SSSR count). The molecule has 1 aromatic rings. The summed E-state index contributed by atoms with van der Waals surface area (Å²) in [6.07, 6.45) is 8.03. The van der Waals surface area contributed by atoms with Crippen molar-refractivity contribution < 1.29 is 0 Å². The van der Waals surface area contributed by atoms with Gasteiger partial charge in [0, 0.05) is 6.54 Å². The molecule has 0 heterocycles. The van der Waals surface area contributed by atoms with Gasteiger partial charge in [0.05, 0.1) is 11.6 Å². The number of nitrogens with zero attached hydrogens (tertiary/aromatic N) is 1. The monoisotopic (exact) mass is 258 g/mol. The van der Waals surface area contributed by atoms with Crippen molar-refractivity contribution in [2.75, 3.05) is 6.54 Å². The normalized spacial score (nSPS) is 10.4. The van der Waals surface area contributed by atoms with Gasteiger partial charge in [0.25, 0.3) is 0 Å². The van der Waals surface area contributed by atoms with Gasteiger partial charge in [-0.2, -0.15) is 5.26 Å². The first kappa shape index (κ1) is 15.7. The fraction of sp³-hybridized carbons (Fsp3) is 0.588. The molecule has 0 saturated carbocycles. The first-order valence-electron chi connectivity index (χ1n) is 7.48. The van der Waals surface area contributed by atoms with E-state index in [2.05, 4.69) is 31.3 Å². The molecule has 104 valence electrons. The lowest BCUT2D eigenvalue weighted by atomic mass is 10.1. The van der Waals surface area contributed by atoms with Crippen molar-refractivity contribution in [3.05, 3.63) is 34.9 Å². The Morgan fingerprint density at radius 1 is 1.11 bits per heavy atom. The number of unbranched alkanes of at least 4 members (excludes halogenated alkanes) is 5. The highest BCUT2D eigenvalue weighted by molar-refractivity contribution is 5.37. The number of rotatable bonds is 9. The molecule has 0 aliphatic carbocycles. The fourth-order valence-corrected chi connectivity index (χ4v) is 2.22. The van der Waals surface area contributed by atoms with E-state index in [9.17, 15) is 0 Å². The molecule has 0 radical (unpaired) electrons. The highest BCUT2D eigenvalue weighted by Gasteiger charge is 1.99. The number of nitrogens with one attached hydrogen (secondary N) is 1. The fourth-order valence-electron chi connectivity index (χ4n) is 2.22. The molecular formula is C17H26N2. The van der Waals surface area contributed by atoms with E-state index in [-0.39, 0.29) is 0 Å². The Kier molecular flexibility index (Phi) is 7.93.